The molecule has 0 N–H and O–H groups in total. The molecule has 0 aliphatic rings. The van der Waals surface area contributed by atoms with Crippen molar-refractivity contribution in [3.05, 3.63) is 56.3 Å². The van der Waals surface area contributed by atoms with E-state index in [0.717, 1.165) is 36.2 Å². The normalized spacial score (nSPS) is 11.5. The van der Waals surface area contributed by atoms with Crippen LogP contribution in [0.4, 0.5) is 37.2 Å². The van der Waals surface area contributed by atoms with Crippen LogP contribution in [0.5, 0.6) is 0 Å². The zero-order valence-corrected chi connectivity index (χ0v) is 19.0. The molecule has 0 radical (unpaired) electrons. The summed E-state index contributed by atoms with van der Waals surface area (Å²) in [5.74, 6) is 0. The zero-order valence-electron chi connectivity index (χ0n) is 17.3. The van der Waals surface area contributed by atoms with Gasteiger partial charge < -0.3 is 4.90 Å². The van der Waals surface area contributed by atoms with Crippen molar-refractivity contribution in [3.8, 4) is 0 Å². The van der Waals surface area contributed by atoms with E-state index in [1.807, 2.05) is 24.3 Å². The van der Waals surface area contributed by atoms with E-state index in [1.165, 1.54) is 0 Å². The third-order valence-electron chi connectivity index (χ3n) is 4.28. The van der Waals surface area contributed by atoms with Gasteiger partial charge in [-0.05, 0) is 56.4 Å². The van der Waals surface area contributed by atoms with Gasteiger partial charge in [-0.15, -0.1) is 20.5 Å². The molecule has 14 heteroatoms. The number of rotatable bonds is 9. The van der Waals surface area contributed by atoms with Crippen LogP contribution >= 0.6 is 22.7 Å². The number of benzene rings is 1. The number of aryl methyl sites for hydroxylation is 1. The van der Waals surface area contributed by atoms with Gasteiger partial charge in [0.05, 0.1) is 21.2 Å². The van der Waals surface area contributed by atoms with Crippen molar-refractivity contribution in [1.29, 1.82) is 0 Å². The quantitative estimate of drug-likeness (QED) is 0.185. The van der Waals surface area contributed by atoms with Crippen LogP contribution < -0.4 is 4.90 Å². The Hall–Kier alpha value is -3.65. The van der Waals surface area contributed by atoms with Gasteiger partial charge in [-0.3, -0.25) is 20.2 Å². The van der Waals surface area contributed by atoms with Gasteiger partial charge in [-0.2, -0.15) is 0 Å². The minimum Gasteiger partial charge on any atom is -0.372 e. The summed E-state index contributed by atoms with van der Waals surface area (Å²) in [7, 11) is 0. The fourth-order valence-electron chi connectivity index (χ4n) is 2.67. The summed E-state index contributed by atoms with van der Waals surface area (Å²) in [6.07, 6.45) is 0. The Morgan fingerprint density at radius 1 is 0.938 bits per heavy atom. The summed E-state index contributed by atoms with van der Waals surface area (Å²) in [4.78, 5) is 27.0. The van der Waals surface area contributed by atoms with Gasteiger partial charge in [0, 0.05) is 18.8 Å². The van der Waals surface area contributed by atoms with E-state index < -0.39 is 15.5 Å². The topological polar surface area (TPSA) is 152 Å². The van der Waals surface area contributed by atoms with Crippen LogP contribution in [0.3, 0.4) is 0 Å². The second-order valence-electron chi connectivity index (χ2n) is 6.26. The number of azo groups is 2. The molecule has 0 unspecified atom stereocenters. The van der Waals surface area contributed by atoms with Crippen LogP contribution in [0.25, 0.3) is 0 Å². The van der Waals surface area contributed by atoms with Gasteiger partial charge in [-0.25, -0.2) is 4.98 Å². The molecular weight excluding hydrogens is 456 g/mol. The van der Waals surface area contributed by atoms with Gasteiger partial charge >= 0.3 is 10.7 Å². The number of anilines is 1. The highest BCUT2D eigenvalue weighted by atomic mass is 32.1. The summed E-state index contributed by atoms with van der Waals surface area (Å²) in [5, 5.41) is 38.3. The molecule has 0 saturated heterocycles. The summed E-state index contributed by atoms with van der Waals surface area (Å²) in [6.45, 7) is 7.70. The first-order chi connectivity index (χ1) is 15.3. The van der Waals surface area contributed by atoms with Crippen LogP contribution in [0, 0.1) is 27.2 Å². The molecule has 166 valence electrons. The number of nitro groups is 2. The highest BCUT2D eigenvalue weighted by Gasteiger charge is 2.25. The van der Waals surface area contributed by atoms with Crippen molar-refractivity contribution in [1.82, 2.24) is 4.98 Å². The van der Waals surface area contributed by atoms with Crippen molar-refractivity contribution < 1.29 is 9.85 Å². The van der Waals surface area contributed by atoms with Crippen molar-refractivity contribution in [3.63, 3.8) is 0 Å². The lowest BCUT2D eigenvalue weighted by molar-refractivity contribution is -0.389. The first kappa shape index (κ1) is 23.0. The molecule has 0 spiro atoms. The highest BCUT2D eigenvalue weighted by Crippen LogP contribution is 2.43. The van der Waals surface area contributed by atoms with E-state index in [4.69, 9.17) is 0 Å². The molecule has 0 bridgehead atoms. The maximum atomic E-state index is 11.1. The Balaban J connectivity index is 1.77. The molecule has 0 amide bonds. The molecule has 2 heterocycles. The summed E-state index contributed by atoms with van der Waals surface area (Å²) >= 11 is 1.68. The maximum absolute atomic E-state index is 11.1. The zero-order chi connectivity index (χ0) is 23.3. The predicted octanol–water partition coefficient (Wildman–Crippen LogP) is 7.01. The van der Waals surface area contributed by atoms with E-state index in [-0.39, 0.29) is 10.0 Å². The summed E-state index contributed by atoms with van der Waals surface area (Å²) in [5.41, 5.74) is 1.81. The standard InChI is InChI=1S/C18H18N8O4S2/c1-4-24(5-2)13-8-6-12(7-9-13)20-23-18-19-11(3)16(32-18)21-22-17-14(25(27)28)10-15(31-17)26(29)30/h6-10H,4-5H2,1-3H3. The third-order valence-corrected chi connectivity index (χ3v) is 6.17. The van der Waals surface area contributed by atoms with Crippen LogP contribution in [-0.2, 0) is 0 Å². The fraction of sp³-hybridized carbons (Fsp3) is 0.278. The Morgan fingerprint density at radius 3 is 2.19 bits per heavy atom. The number of nitrogens with zero attached hydrogens (tertiary/aromatic N) is 8. The number of hydrogen-bond acceptors (Lipinski definition) is 12. The number of thiophene rings is 1. The molecular formula is C18H18N8O4S2. The highest BCUT2D eigenvalue weighted by molar-refractivity contribution is 7.19. The Bertz CT molecular complexity index is 1180. The SMILES string of the molecule is CCN(CC)c1ccc(N=Nc2nc(C)c(N=Nc3sc([N+](=O)[O-])cc3[N+](=O)[O-])s2)cc1. The average Bonchev–Trinajstić information content (AvgIpc) is 3.36. The van der Waals surface area contributed by atoms with Gasteiger partial charge in [0.1, 0.15) is 6.07 Å². The maximum Gasteiger partial charge on any atom is 0.333 e. The minimum atomic E-state index is -0.734. The van der Waals surface area contributed by atoms with Crippen molar-refractivity contribution in [2.24, 2.45) is 20.5 Å². The third kappa shape index (κ3) is 5.33. The second kappa shape index (κ2) is 10.1. The molecule has 2 aromatic heterocycles. The number of aromatic nitrogens is 1. The van der Waals surface area contributed by atoms with Crippen molar-refractivity contribution in [2.45, 2.75) is 20.8 Å². The fourth-order valence-corrected chi connectivity index (χ4v) is 4.15. The van der Waals surface area contributed by atoms with Crippen LogP contribution in [0.15, 0.2) is 50.8 Å². The Labute approximate surface area is 190 Å². The Kier molecular flexibility index (Phi) is 7.27. The number of hydrogen-bond donors (Lipinski definition) is 0. The molecule has 3 rings (SSSR count). The second-order valence-corrected chi connectivity index (χ2v) is 8.23. The monoisotopic (exact) mass is 474 g/mol. The summed E-state index contributed by atoms with van der Waals surface area (Å²) in [6, 6.07) is 8.54. The lowest BCUT2D eigenvalue weighted by Crippen LogP contribution is -2.21. The van der Waals surface area contributed by atoms with Crippen molar-refractivity contribution in [2.75, 3.05) is 18.0 Å². The van der Waals surface area contributed by atoms with Crippen LogP contribution in [0.2, 0.25) is 0 Å². The molecule has 3 aromatic rings. The van der Waals surface area contributed by atoms with Crippen LogP contribution in [0.1, 0.15) is 19.5 Å². The molecule has 32 heavy (non-hydrogen) atoms. The molecule has 12 nitrogen and oxygen atoms in total. The minimum absolute atomic E-state index is 0.161. The predicted molar refractivity (Wildman–Crippen MR) is 123 cm³/mol. The lowest BCUT2D eigenvalue weighted by Gasteiger charge is -2.20. The first-order valence-electron chi connectivity index (χ1n) is 9.40. The molecule has 1 aromatic carbocycles. The van der Waals surface area contributed by atoms with Crippen LogP contribution in [-0.4, -0.2) is 27.9 Å². The molecule has 0 atom stereocenters. The average molecular weight is 475 g/mol. The lowest BCUT2D eigenvalue weighted by atomic mass is 10.2. The molecule has 0 aliphatic heterocycles. The molecule has 0 aliphatic carbocycles. The molecule has 0 saturated carbocycles. The Morgan fingerprint density at radius 2 is 1.59 bits per heavy atom. The largest absolute Gasteiger partial charge is 0.372 e. The molecule has 0 fully saturated rings. The first-order valence-corrected chi connectivity index (χ1v) is 11.0. The van der Waals surface area contributed by atoms with E-state index in [2.05, 4.69) is 44.2 Å². The smallest absolute Gasteiger partial charge is 0.333 e. The van der Waals surface area contributed by atoms with E-state index in [9.17, 15) is 20.2 Å². The van der Waals surface area contributed by atoms with Gasteiger partial charge in [0.25, 0.3) is 0 Å². The van der Waals surface area contributed by atoms with E-state index in [1.54, 1.807) is 6.92 Å². The van der Waals surface area contributed by atoms with E-state index in [0.29, 0.717) is 32.9 Å². The van der Waals surface area contributed by atoms with E-state index >= 15 is 0 Å². The van der Waals surface area contributed by atoms with Gasteiger partial charge in [-0.1, -0.05) is 11.3 Å². The van der Waals surface area contributed by atoms with Gasteiger partial charge in [0.2, 0.25) is 10.1 Å². The van der Waals surface area contributed by atoms with Gasteiger partial charge in [0.15, 0.2) is 5.00 Å². The van der Waals surface area contributed by atoms with Crippen molar-refractivity contribution >= 4 is 59.9 Å². The number of thiazole rings is 1. The summed E-state index contributed by atoms with van der Waals surface area (Å²) < 4.78 is 0.